The monoisotopic (exact) mass is 483 g/mol. The number of hydrogen-bond acceptors (Lipinski definition) is 7. The van der Waals surface area contributed by atoms with Gasteiger partial charge >= 0.3 is 5.97 Å². The van der Waals surface area contributed by atoms with Gasteiger partial charge in [-0.2, -0.15) is 0 Å². The molecular formula is C28H21NO7. The lowest BCUT2D eigenvalue weighted by atomic mass is 9.97. The lowest BCUT2D eigenvalue weighted by Crippen LogP contribution is -2.29. The molecule has 2 aliphatic heterocycles. The minimum absolute atomic E-state index is 0.0270. The van der Waals surface area contributed by atoms with Crippen LogP contribution in [-0.2, 0) is 11.3 Å². The molecule has 1 aromatic heterocycles. The van der Waals surface area contributed by atoms with Gasteiger partial charge in [-0.1, -0.05) is 29.8 Å². The number of esters is 1. The molecule has 1 amide bonds. The SMILES string of the molecule is COC(=O)c1ccc(C2c3c(oc4ccc(C)cc4c3=O)C(=O)N2Cc2ccc3c(c2)OCO3)cc1. The van der Waals surface area contributed by atoms with Gasteiger partial charge in [-0.15, -0.1) is 0 Å². The Morgan fingerprint density at radius 2 is 1.78 bits per heavy atom. The third kappa shape index (κ3) is 3.41. The number of amides is 1. The zero-order chi connectivity index (χ0) is 25.0. The fourth-order valence-corrected chi connectivity index (χ4v) is 4.80. The van der Waals surface area contributed by atoms with E-state index in [9.17, 15) is 14.4 Å². The summed E-state index contributed by atoms with van der Waals surface area (Å²) >= 11 is 0. The summed E-state index contributed by atoms with van der Waals surface area (Å²) in [5, 5.41) is 0.419. The second kappa shape index (κ2) is 8.27. The lowest BCUT2D eigenvalue weighted by Gasteiger charge is -2.25. The van der Waals surface area contributed by atoms with Crippen molar-refractivity contribution in [2.24, 2.45) is 0 Å². The van der Waals surface area contributed by atoms with Crippen molar-refractivity contribution in [2.75, 3.05) is 13.9 Å². The summed E-state index contributed by atoms with van der Waals surface area (Å²) in [6, 6.07) is 16.8. The van der Waals surface area contributed by atoms with Crippen LogP contribution in [0.3, 0.4) is 0 Å². The molecule has 0 saturated carbocycles. The molecule has 0 bridgehead atoms. The minimum Gasteiger partial charge on any atom is -0.465 e. The third-order valence-corrected chi connectivity index (χ3v) is 6.56. The first-order chi connectivity index (χ1) is 17.4. The van der Waals surface area contributed by atoms with E-state index in [1.807, 2.05) is 25.1 Å². The van der Waals surface area contributed by atoms with Crippen LogP contribution in [0.4, 0.5) is 0 Å². The van der Waals surface area contributed by atoms with Crippen molar-refractivity contribution in [1.82, 2.24) is 4.90 Å². The van der Waals surface area contributed by atoms with E-state index in [2.05, 4.69) is 0 Å². The zero-order valence-electron chi connectivity index (χ0n) is 19.6. The summed E-state index contributed by atoms with van der Waals surface area (Å²) < 4.78 is 21.7. The third-order valence-electron chi connectivity index (χ3n) is 6.56. The van der Waals surface area contributed by atoms with Crippen LogP contribution in [0.15, 0.2) is 69.9 Å². The molecule has 3 heterocycles. The number of aryl methyl sites for hydroxylation is 1. The summed E-state index contributed by atoms with van der Waals surface area (Å²) in [5.41, 5.74) is 3.16. The molecule has 0 radical (unpaired) electrons. The molecule has 3 aromatic carbocycles. The average Bonchev–Trinajstić information content (AvgIpc) is 3.47. The highest BCUT2D eigenvalue weighted by Crippen LogP contribution is 2.40. The standard InChI is InChI=1S/C28H21NO7/c1-15-3-9-20-19(11-15)25(30)23-24(17-5-7-18(8-6-17)28(32)33-2)29(27(31)26(23)36-20)13-16-4-10-21-22(12-16)35-14-34-21/h3-12,24H,13-14H2,1-2H3. The fourth-order valence-electron chi connectivity index (χ4n) is 4.80. The van der Waals surface area contributed by atoms with Crippen molar-refractivity contribution in [3.8, 4) is 11.5 Å². The van der Waals surface area contributed by atoms with E-state index in [1.54, 1.807) is 47.4 Å². The Morgan fingerprint density at radius 3 is 2.56 bits per heavy atom. The van der Waals surface area contributed by atoms with Gasteiger partial charge in [0, 0.05) is 6.54 Å². The van der Waals surface area contributed by atoms with Gasteiger partial charge in [-0.3, -0.25) is 9.59 Å². The molecule has 0 saturated heterocycles. The highest BCUT2D eigenvalue weighted by molar-refractivity contribution is 5.99. The van der Waals surface area contributed by atoms with Crippen LogP contribution < -0.4 is 14.9 Å². The van der Waals surface area contributed by atoms with E-state index in [4.69, 9.17) is 18.6 Å². The Kier molecular flexibility index (Phi) is 5.03. The van der Waals surface area contributed by atoms with Gasteiger partial charge in [-0.25, -0.2) is 4.79 Å². The number of rotatable bonds is 4. The Balaban J connectivity index is 1.50. The summed E-state index contributed by atoms with van der Waals surface area (Å²) in [6.07, 6.45) is 0. The summed E-state index contributed by atoms with van der Waals surface area (Å²) in [6.45, 7) is 2.25. The van der Waals surface area contributed by atoms with Gasteiger partial charge in [0.25, 0.3) is 5.91 Å². The fraction of sp³-hybridized carbons (Fsp3) is 0.179. The molecule has 8 heteroatoms. The number of hydrogen-bond donors (Lipinski definition) is 0. The molecule has 180 valence electrons. The molecule has 6 rings (SSSR count). The lowest BCUT2D eigenvalue weighted by molar-refractivity contribution is 0.0599. The predicted molar refractivity (Wildman–Crippen MR) is 129 cm³/mol. The smallest absolute Gasteiger partial charge is 0.337 e. The van der Waals surface area contributed by atoms with Gasteiger partial charge in [-0.05, 0) is 54.4 Å². The van der Waals surface area contributed by atoms with Crippen molar-refractivity contribution in [3.63, 3.8) is 0 Å². The molecule has 0 aliphatic carbocycles. The number of methoxy groups -OCH3 is 1. The molecule has 8 nitrogen and oxygen atoms in total. The number of fused-ring (bicyclic) bond motifs is 3. The Hall–Kier alpha value is -4.59. The van der Waals surface area contributed by atoms with Gasteiger partial charge in [0.2, 0.25) is 12.6 Å². The minimum atomic E-state index is -0.703. The van der Waals surface area contributed by atoms with E-state index in [0.29, 0.717) is 33.6 Å². The van der Waals surface area contributed by atoms with Gasteiger partial charge in [0.05, 0.1) is 29.7 Å². The molecule has 1 atom stereocenters. The Bertz CT molecular complexity index is 1600. The quantitative estimate of drug-likeness (QED) is 0.398. The van der Waals surface area contributed by atoms with Crippen molar-refractivity contribution >= 4 is 22.8 Å². The van der Waals surface area contributed by atoms with Crippen molar-refractivity contribution in [2.45, 2.75) is 19.5 Å². The maximum atomic E-state index is 13.7. The molecule has 36 heavy (non-hydrogen) atoms. The van der Waals surface area contributed by atoms with Gasteiger partial charge < -0.3 is 23.5 Å². The Morgan fingerprint density at radius 1 is 1.00 bits per heavy atom. The highest BCUT2D eigenvalue weighted by Gasteiger charge is 2.43. The maximum absolute atomic E-state index is 13.7. The van der Waals surface area contributed by atoms with Crippen LogP contribution in [-0.4, -0.2) is 30.7 Å². The van der Waals surface area contributed by atoms with Crippen molar-refractivity contribution in [3.05, 3.63) is 104 Å². The van der Waals surface area contributed by atoms with Crippen molar-refractivity contribution < 1.29 is 28.2 Å². The van der Waals surface area contributed by atoms with Gasteiger partial charge in [0.15, 0.2) is 16.9 Å². The van der Waals surface area contributed by atoms with E-state index in [0.717, 1.165) is 11.1 Å². The Labute approximate surface area is 205 Å². The normalized spacial score (nSPS) is 15.9. The second-order valence-electron chi connectivity index (χ2n) is 8.81. The summed E-state index contributed by atoms with van der Waals surface area (Å²) in [5.74, 6) is 0.417. The molecule has 4 aromatic rings. The van der Waals surface area contributed by atoms with E-state index in [-0.39, 0.29) is 36.0 Å². The van der Waals surface area contributed by atoms with Crippen molar-refractivity contribution in [1.29, 1.82) is 0 Å². The molecule has 0 spiro atoms. The first kappa shape index (κ1) is 21.9. The van der Waals surface area contributed by atoms with E-state index < -0.39 is 12.0 Å². The topological polar surface area (TPSA) is 95.3 Å². The maximum Gasteiger partial charge on any atom is 0.337 e. The molecular weight excluding hydrogens is 462 g/mol. The zero-order valence-corrected chi connectivity index (χ0v) is 19.6. The highest BCUT2D eigenvalue weighted by atomic mass is 16.7. The molecule has 0 fully saturated rings. The van der Waals surface area contributed by atoms with Crippen LogP contribution in [0.1, 0.15) is 49.2 Å². The first-order valence-electron chi connectivity index (χ1n) is 11.4. The average molecular weight is 483 g/mol. The van der Waals surface area contributed by atoms with E-state index in [1.165, 1.54) is 7.11 Å². The number of carbonyl (C=O) groups excluding carboxylic acids is 2. The molecule has 1 unspecified atom stereocenters. The van der Waals surface area contributed by atoms with Crippen LogP contribution in [0.5, 0.6) is 11.5 Å². The summed E-state index contributed by atoms with van der Waals surface area (Å²) in [4.78, 5) is 40.9. The molecule has 2 aliphatic rings. The molecule has 0 N–H and O–H groups in total. The van der Waals surface area contributed by atoms with E-state index >= 15 is 0 Å². The number of benzene rings is 3. The number of nitrogens with zero attached hydrogens (tertiary/aromatic N) is 1. The van der Waals surface area contributed by atoms with Crippen LogP contribution >= 0.6 is 0 Å². The largest absolute Gasteiger partial charge is 0.465 e. The predicted octanol–water partition coefficient (Wildman–Crippen LogP) is 4.36. The number of ether oxygens (including phenoxy) is 3. The number of carbonyl (C=O) groups is 2. The summed E-state index contributed by atoms with van der Waals surface area (Å²) in [7, 11) is 1.31. The first-order valence-corrected chi connectivity index (χ1v) is 11.4. The van der Waals surface area contributed by atoms with Crippen LogP contribution in [0, 0.1) is 6.92 Å². The van der Waals surface area contributed by atoms with Gasteiger partial charge in [0.1, 0.15) is 5.58 Å². The second-order valence-corrected chi connectivity index (χ2v) is 8.81. The van der Waals surface area contributed by atoms with Crippen LogP contribution in [0.2, 0.25) is 0 Å². The van der Waals surface area contributed by atoms with Crippen LogP contribution in [0.25, 0.3) is 11.0 Å².